The van der Waals surface area contributed by atoms with E-state index in [4.69, 9.17) is 0 Å². The molecule has 0 unspecified atom stereocenters. The van der Waals surface area contributed by atoms with Crippen LogP contribution < -0.4 is 4.72 Å². The minimum Gasteiger partial charge on any atom is -0.389 e. The quantitative estimate of drug-likeness (QED) is 0.635. The van der Waals surface area contributed by atoms with E-state index in [1.54, 1.807) is 6.92 Å². The van der Waals surface area contributed by atoms with Crippen molar-refractivity contribution in [2.24, 2.45) is 0 Å². The van der Waals surface area contributed by atoms with Crippen molar-refractivity contribution in [3.05, 3.63) is 33.9 Å². The van der Waals surface area contributed by atoms with Gasteiger partial charge in [-0.3, -0.25) is 10.1 Å². The Morgan fingerprint density at radius 3 is 2.19 bits per heavy atom. The third-order valence-electron chi connectivity index (χ3n) is 3.59. The van der Waals surface area contributed by atoms with Crippen LogP contribution in [0.2, 0.25) is 0 Å². The van der Waals surface area contributed by atoms with Gasteiger partial charge in [-0.15, -0.1) is 0 Å². The second kappa shape index (κ2) is 5.36. The Hall–Kier alpha value is -1.51. The first kappa shape index (κ1) is 17.5. The standard InChI is InChI=1S/C13H20N2O5S/c1-9-6-7-10(15(17)18)8-11(9)21(19,20)14-12(2,3)13(4,5)16/h6-8,14,16H,1-5H3. The van der Waals surface area contributed by atoms with Crippen LogP contribution >= 0.6 is 0 Å². The molecular formula is C13H20N2O5S. The summed E-state index contributed by atoms with van der Waals surface area (Å²) in [5, 5.41) is 20.8. The number of nitrogens with one attached hydrogen (secondary N) is 1. The number of aryl methyl sites for hydroxylation is 1. The maximum absolute atomic E-state index is 12.4. The lowest BCUT2D eigenvalue weighted by molar-refractivity contribution is -0.385. The van der Waals surface area contributed by atoms with E-state index in [-0.39, 0.29) is 10.6 Å². The molecule has 0 aromatic heterocycles. The summed E-state index contributed by atoms with van der Waals surface area (Å²) in [6, 6.07) is 3.64. The fraction of sp³-hybridized carbons (Fsp3) is 0.538. The van der Waals surface area contributed by atoms with Crippen molar-refractivity contribution in [1.82, 2.24) is 4.72 Å². The summed E-state index contributed by atoms with van der Waals surface area (Å²) in [5.74, 6) is 0. The number of nitro groups is 1. The number of benzene rings is 1. The van der Waals surface area contributed by atoms with E-state index < -0.39 is 26.1 Å². The Labute approximate surface area is 124 Å². The minimum atomic E-state index is -4.00. The summed E-state index contributed by atoms with van der Waals surface area (Å²) in [7, 11) is -4.00. The molecule has 1 rings (SSSR count). The first-order valence-corrected chi connectivity index (χ1v) is 7.78. The third-order valence-corrected chi connectivity index (χ3v) is 5.39. The fourth-order valence-electron chi connectivity index (χ4n) is 1.51. The molecule has 8 heteroatoms. The van der Waals surface area contributed by atoms with Crippen LogP contribution in [0.1, 0.15) is 33.3 Å². The van der Waals surface area contributed by atoms with E-state index in [1.165, 1.54) is 39.8 Å². The largest absolute Gasteiger partial charge is 0.389 e. The van der Waals surface area contributed by atoms with Gasteiger partial charge in [-0.2, -0.15) is 0 Å². The number of hydrogen-bond acceptors (Lipinski definition) is 5. The number of non-ortho nitro benzene ring substituents is 1. The van der Waals surface area contributed by atoms with E-state index in [9.17, 15) is 23.6 Å². The van der Waals surface area contributed by atoms with Gasteiger partial charge in [0, 0.05) is 12.1 Å². The highest BCUT2D eigenvalue weighted by molar-refractivity contribution is 7.89. The average Bonchev–Trinajstić information content (AvgIpc) is 2.25. The molecule has 0 atom stereocenters. The monoisotopic (exact) mass is 316 g/mol. The Kier molecular flexibility index (Phi) is 4.48. The molecule has 0 radical (unpaired) electrons. The van der Waals surface area contributed by atoms with Crippen molar-refractivity contribution in [3.63, 3.8) is 0 Å². The molecule has 1 aromatic carbocycles. The zero-order valence-corrected chi connectivity index (χ0v) is 13.5. The van der Waals surface area contributed by atoms with Crippen LogP contribution in [0.3, 0.4) is 0 Å². The molecule has 0 aliphatic heterocycles. The molecule has 0 fully saturated rings. The van der Waals surface area contributed by atoms with E-state index in [0.717, 1.165) is 6.07 Å². The summed E-state index contributed by atoms with van der Waals surface area (Å²) in [4.78, 5) is 9.96. The SMILES string of the molecule is Cc1ccc([N+](=O)[O-])cc1S(=O)(=O)NC(C)(C)C(C)(C)O. The summed E-state index contributed by atoms with van der Waals surface area (Å²) in [6.45, 7) is 7.59. The van der Waals surface area contributed by atoms with E-state index in [1.807, 2.05) is 0 Å². The van der Waals surface area contributed by atoms with Gasteiger partial charge in [0.1, 0.15) is 0 Å². The first-order valence-electron chi connectivity index (χ1n) is 6.29. The van der Waals surface area contributed by atoms with Crippen LogP contribution in [0.25, 0.3) is 0 Å². The minimum absolute atomic E-state index is 0.172. The number of aliphatic hydroxyl groups is 1. The third kappa shape index (κ3) is 3.78. The van der Waals surface area contributed by atoms with Gasteiger partial charge in [-0.1, -0.05) is 6.07 Å². The maximum Gasteiger partial charge on any atom is 0.270 e. The van der Waals surface area contributed by atoms with E-state index in [2.05, 4.69) is 4.72 Å². The number of hydrogen-bond donors (Lipinski definition) is 2. The Balaban J connectivity index is 3.33. The van der Waals surface area contributed by atoms with Gasteiger partial charge in [0.25, 0.3) is 5.69 Å². The molecule has 0 bridgehead atoms. The topological polar surface area (TPSA) is 110 Å². The van der Waals surface area contributed by atoms with Crippen LogP contribution in [0.4, 0.5) is 5.69 Å². The summed E-state index contributed by atoms with van der Waals surface area (Å²) >= 11 is 0. The fourth-order valence-corrected chi connectivity index (χ4v) is 3.31. The van der Waals surface area contributed by atoms with Gasteiger partial charge in [-0.05, 0) is 40.2 Å². The lowest BCUT2D eigenvalue weighted by Gasteiger charge is -2.37. The lowest BCUT2D eigenvalue weighted by atomic mass is 9.87. The number of nitro benzene ring substituents is 1. The van der Waals surface area contributed by atoms with Gasteiger partial charge >= 0.3 is 0 Å². The molecule has 0 saturated carbocycles. The van der Waals surface area contributed by atoms with Crippen molar-refractivity contribution < 1.29 is 18.4 Å². The molecule has 0 heterocycles. The van der Waals surface area contributed by atoms with Crippen LogP contribution in [0.15, 0.2) is 23.1 Å². The van der Waals surface area contributed by atoms with Crippen LogP contribution in [-0.2, 0) is 10.0 Å². The molecule has 0 saturated heterocycles. The highest BCUT2D eigenvalue weighted by Gasteiger charge is 2.39. The molecule has 0 spiro atoms. The van der Waals surface area contributed by atoms with Crippen LogP contribution in [0, 0.1) is 17.0 Å². The zero-order chi connectivity index (χ0) is 16.6. The summed E-state index contributed by atoms with van der Waals surface area (Å²) in [6.07, 6.45) is 0. The van der Waals surface area contributed by atoms with Gasteiger partial charge in [-0.25, -0.2) is 13.1 Å². The molecule has 2 N–H and O–H groups in total. The van der Waals surface area contributed by atoms with Crippen molar-refractivity contribution in [1.29, 1.82) is 0 Å². The van der Waals surface area contributed by atoms with Gasteiger partial charge in [0.05, 0.1) is 21.0 Å². The molecular weight excluding hydrogens is 296 g/mol. The molecule has 0 amide bonds. The zero-order valence-electron chi connectivity index (χ0n) is 12.7. The lowest BCUT2D eigenvalue weighted by Crippen LogP contribution is -2.57. The maximum atomic E-state index is 12.4. The normalized spacial score (nSPS) is 13.2. The first-order chi connectivity index (χ1) is 9.28. The molecule has 7 nitrogen and oxygen atoms in total. The number of rotatable bonds is 5. The average molecular weight is 316 g/mol. The number of nitrogens with zero attached hydrogens (tertiary/aromatic N) is 1. The second-order valence-corrected chi connectivity index (χ2v) is 7.65. The Bertz CT molecular complexity index is 660. The van der Waals surface area contributed by atoms with Crippen LogP contribution in [-0.4, -0.2) is 29.6 Å². The smallest absolute Gasteiger partial charge is 0.270 e. The molecule has 118 valence electrons. The molecule has 0 aliphatic rings. The Morgan fingerprint density at radius 1 is 1.24 bits per heavy atom. The Morgan fingerprint density at radius 2 is 1.76 bits per heavy atom. The van der Waals surface area contributed by atoms with E-state index >= 15 is 0 Å². The van der Waals surface area contributed by atoms with Crippen molar-refractivity contribution >= 4 is 15.7 Å². The summed E-state index contributed by atoms with van der Waals surface area (Å²) in [5.41, 5.74) is -2.38. The number of sulfonamides is 1. The predicted molar refractivity (Wildman–Crippen MR) is 78.5 cm³/mol. The van der Waals surface area contributed by atoms with Gasteiger partial charge in [0.15, 0.2) is 0 Å². The summed E-state index contributed by atoms with van der Waals surface area (Å²) < 4.78 is 27.3. The van der Waals surface area contributed by atoms with Gasteiger partial charge < -0.3 is 5.11 Å². The van der Waals surface area contributed by atoms with Crippen molar-refractivity contribution in [2.75, 3.05) is 0 Å². The highest BCUT2D eigenvalue weighted by Crippen LogP contribution is 2.26. The van der Waals surface area contributed by atoms with Crippen molar-refractivity contribution in [3.8, 4) is 0 Å². The van der Waals surface area contributed by atoms with Gasteiger partial charge in [0.2, 0.25) is 10.0 Å². The predicted octanol–water partition coefficient (Wildman–Crippen LogP) is 1.73. The van der Waals surface area contributed by atoms with Crippen molar-refractivity contribution in [2.45, 2.75) is 50.7 Å². The molecule has 1 aromatic rings. The van der Waals surface area contributed by atoms with E-state index in [0.29, 0.717) is 5.56 Å². The van der Waals surface area contributed by atoms with Crippen LogP contribution in [0.5, 0.6) is 0 Å². The highest BCUT2D eigenvalue weighted by atomic mass is 32.2. The molecule has 21 heavy (non-hydrogen) atoms. The molecule has 0 aliphatic carbocycles. The second-order valence-electron chi connectivity index (χ2n) is 6.00.